The lowest BCUT2D eigenvalue weighted by molar-refractivity contribution is -0.404. The van der Waals surface area contributed by atoms with E-state index in [2.05, 4.69) is 26.6 Å². The van der Waals surface area contributed by atoms with Crippen molar-refractivity contribution in [2.75, 3.05) is 59.5 Å². The number of hydrogen-bond donors (Lipinski definition) is 29. The van der Waals surface area contributed by atoms with Crippen LogP contribution in [-0.2, 0) is 104 Å². The molecule has 115 heavy (non-hydrogen) atoms. The van der Waals surface area contributed by atoms with Crippen LogP contribution in [0.15, 0.2) is 0 Å². The maximum Gasteiger partial charge on any atom is 0.217 e. The van der Waals surface area contributed by atoms with Gasteiger partial charge in [0.25, 0.3) is 0 Å². The highest BCUT2D eigenvalue weighted by atomic mass is 16.8. The van der Waals surface area contributed by atoms with Crippen LogP contribution < -0.4 is 26.6 Å². The molecule has 9 heterocycles. The fourth-order valence-corrected chi connectivity index (χ4v) is 14.9. The van der Waals surface area contributed by atoms with Gasteiger partial charge < -0.3 is 230 Å². The summed E-state index contributed by atoms with van der Waals surface area (Å²) in [5.41, 5.74) is 0. The first-order valence-corrected chi connectivity index (χ1v) is 36.6. The van der Waals surface area contributed by atoms with Gasteiger partial charge in [-0.1, -0.05) is 0 Å². The Bertz CT molecular complexity index is 3100. The van der Waals surface area contributed by atoms with Gasteiger partial charge in [0.15, 0.2) is 56.6 Å². The molecular weight excluding hydrogens is 1570 g/mol. The standard InChI is InChI=1S/C64H107N5O46/c1-15(78)65-29-41(90)49(24(10-74)100-56(29)98)109-59-32(68-18(4)81)43(92)51(26(12-76)105-59)112-62-48(97)53(38(87)28(108-62)14-99-63-54(45(94)37(86)23(9-73)104-63)114-57-30(66-16(2)79)39(88)34(83)20(6-70)101-57)113-64-55(115-58-31(67-17(3)80)40(89)35(84)21(7-71)102-58)47(96)52(27(13-77)107-64)110-60-33(69-19(5)82)42(91)50(25(11-75)106-60)111-61-46(95)44(93)36(85)22(8-72)103-61/h20-64,70-77,83-98H,6-14H2,1-5H3,(H,65,78)(H,66,79)(H,67,80)(H,68,81)(H,69,82)/t20-,21-,22-,23-,24-,25-,26-,27-,28-,29-,30-,31-,32-,33-,34-,35-,36+,37-,38-,39-,40-,41-,42-,43-,44+,45+,46-,47+,48+,49-,50-,51-,52-,53+,54+,55+,56?,57+,58+,59+,60+,61+,62+,63+,64-/m1/s1. The molecule has 45 atom stereocenters. The van der Waals surface area contributed by atoms with Crippen LogP contribution in [0.3, 0.4) is 0 Å². The van der Waals surface area contributed by atoms with Gasteiger partial charge in [-0.15, -0.1) is 0 Å². The molecule has 664 valence electrons. The summed E-state index contributed by atoms with van der Waals surface area (Å²) in [6, 6.07) is -9.23. The highest BCUT2D eigenvalue weighted by Gasteiger charge is 2.62. The summed E-state index contributed by atoms with van der Waals surface area (Å²) in [6.07, 6.45) is -84.1. The molecule has 0 bridgehead atoms. The Balaban J connectivity index is 1.10. The molecule has 0 aromatic rings. The number of ether oxygens (including phenoxy) is 17. The van der Waals surface area contributed by atoms with Gasteiger partial charge >= 0.3 is 0 Å². The molecule has 29 N–H and O–H groups in total. The monoisotopic (exact) mass is 1680 g/mol. The number of aliphatic hydroxyl groups excluding tert-OH is 24. The first-order valence-electron chi connectivity index (χ1n) is 36.6. The van der Waals surface area contributed by atoms with E-state index in [0.717, 1.165) is 34.6 Å². The molecule has 0 aromatic heterocycles. The van der Waals surface area contributed by atoms with Gasteiger partial charge in [-0.25, -0.2) is 0 Å². The minimum Gasteiger partial charge on any atom is -0.394 e. The lowest BCUT2D eigenvalue weighted by Gasteiger charge is -2.52. The quantitative estimate of drug-likeness (QED) is 0.0318. The van der Waals surface area contributed by atoms with Crippen LogP contribution in [0.2, 0.25) is 0 Å². The Morgan fingerprint density at radius 2 is 0.487 bits per heavy atom. The van der Waals surface area contributed by atoms with E-state index in [0.29, 0.717) is 0 Å². The van der Waals surface area contributed by atoms with Crippen LogP contribution >= 0.6 is 0 Å². The fourth-order valence-electron chi connectivity index (χ4n) is 14.9. The summed E-state index contributed by atoms with van der Waals surface area (Å²) in [7, 11) is 0. The van der Waals surface area contributed by atoms with E-state index in [-0.39, 0.29) is 0 Å². The molecule has 5 amide bonds. The van der Waals surface area contributed by atoms with Crippen LogP contribution in [0.25, 0.3) is 0 Å². The molecule has 0 spiro atoms. The molecule has 0 aliphatic carbocycles. The van der Waals surface area contributed by atoms with E-state index in [9.17, 15) is 147 Å². The lowest BCUT2D eigenvalue weighted by atomic mass is 9.93. The molecule has 9 fully saturated rings. The topological polar surface area (TPSA) is 788 Å². The average molecular weight is 1680 g/mol. The van der Waals surface area contributed by atoms with E-state index in [1.807, 2.05) is 0 Å². The lowest BCUT2D eigenvalue weighted by Crippen LogP contribution is -2.71. The first kappa shape index (κ1) is 94.6. The summed E-state index contributed by atoms with van der Waals surface area (Å²) < 4.78 is 102. The predicted octanol–water partition coefficient (Wildman–Crippen LogP) is -19.9. The van der Waals surface area contributed by atoms with Crippen molar-refractivity contribution in [3.05, 3.63) is 0 Å². The number of amides is 5. The Kier molecular flexibility index (Phi) is 34.1. The number of nitrogens with one attached hydrogen (secondary N) is 5. The maximum absolute atomic E-state index is 13.1. The Morgan fingerprint density at radius 3 is 0.878 bits per heavy atom. The second kappa shape index (κ2) is 41.5. The molecule has 1 unspecified atom stereocenters. The summed E-state index contributed by atoms with van der Waals surface area (Å²) >= 11 is 0. The van der Waals surface area contributed by atoms with Crippen LogP contribution in [0.5, 0.6) is 0 Å². The number of carbonyl (C=O) groups excluding carboxylic acids is 5. The minimum absolute atomic E-state index is 0.794. The Morgan fingerprint density at radius 1 is 0.226 bits per heavy atom. The van der Waals surface area contributed by atoms with Gasteiger partial charge in [-0.05, 0) is 0 Å². The van der Waals surface area contributed by atoms with Crippen molar-refractivity contribution in [1.82, 2.24) is 26.6 Å². The van der Waals surface area contributed by atoms with Crippen molar-refractivity contribution in [3.8, 4) is 0 Å². The number of hydrogen-bond acceptors (Lipinski definition) is 46. The average Bonchev–Trinajstić information content (AvgIpc) is 0.766. The van der Waals surface area contributed by atoms with Crippen molar-refractivity contribution in [3.63, 3.8) is 0 Å². The molecule has 0 saturated carbocycles. The predicted molar refractivity (Wildman–Crippen MR) is 355 cm³/mol. The second-order valence-corrected chi connectivity index (χ2v) is 28.9. The zero-order valence-corrected chi connectivity index (χ0v) is 62.1. The zero-order chi connectivity index (χ0) is 84.8. The largest absolute Gasteiger partial charge is 0.394 e. The molecule has 0 aromatic carbocycles. The van der Waals surface area contributed by atoms with E-state index >= 15 is 0 Å². The number of aliphatic hydroxyl groups is 24. The summed E-state index contributed by atoms with van der Waals surface area (Å²) in [5, 5.41) is 280. The van der Waals surface area contributed by atoms with Gasteiger partial charge in [-0.2, -0.15) is 0 Å². The van der Waals surface area contributed by atoms with Crippen molar-refractivity contribution >= 4 is 29.5 Å². The third-order valence-electron chi connectivity index (χ3n) is 20.8. The second-order valence-electron chi connectivity index (χ2n) is 28.9. The van der Waals surface area contributed by atoms with Gasteiger partial charge in [0.05, 0.1) is 59.5 Å². The van der Waals surface area contributed by atoms with Gasteiger partial charge in [-0.3, -0.25) is 24.0 Å². The molecule has 51 nitrogen and oxygen atoms in total. The molecule has 51 heteroatoms. The normalized spacial score (nSPS) is 47.9. The van der Waals surface area contributed by atoms with Crippen molar-refractivity contribution in [2.45, 2.75) is 311 Å². The van der Waals surface area contributed by atoms with Crippen molar-refractivity contribution < 1.29 is 227 Å². The highest BCUT2D eigenvalue weighted by molar-refractivity contribution is 5.75. The highest BCUT2D eigenvalue weighted by Crippen LogP contribution is 2.41. The summed E-state index contributed by atoms with van der Waals surface area (Å²) in [5.74, 6) is -4.50. The SMILES string of the molecule is CC(=O)N[C@H]1[C@H](O[C@H]2[C@H](O)[C@@H](NC(C)=O)C(O)O[C@@H]2CO)O[C@H](CO)[C@@H](O[C@@H]2O[C@H](CO[C@H]3O[C@H](CO)[C@@H](O)[C@H](O)[C@@H]3O[C@@H]3O[C@H](CO)[C@@H](O)[C@H](O)[C@H]3NC(C)=O)[C@@H](O)[C@H](O[C@H]3O[C@H](CO)[C@@H](O[C@@H]4O[C@H](CO)[C@@H](O[C@@H]5O[C@H](CO)[C@H](O)[C@H](O)[C@H]5O)[C@H](O)[C@H]4NC(C)=O)[C@H](O)[C@@H]3O[C@@H]3O[C@H](CO)[C@@H](O)[C@H](O)[C@H]3NC(C)=O)[C@@H]2O)[C@@H]1O. The van der Waals surface area contributed by atoms with Crippen LogP contribution in [0.4, 0.5) is 0 Å². The smallest absolute Gasteiger partial charge is 0.217 e. The number of carbonyl (C=O) groups is 5. The summed E-state index contributed by atoms with van der Waals surface area (Å²) in [6.45, 7) is -5.24. The van der Waals surface area contributed by atoms with Crippen molar-refractivity contribution in [2.24, 2.45) is 0 Å². The fraction of sp³-hybridized carbons (Fsp3) is 0.922. The first-order chi connectivity index (χ1) is 54.4. The molecule has 9 aliphatic heterocycles. The van der Waals surface area contributed by atoms with E-state index in [1.165, 1.54) is 0 Å². The molecular formula is C64H107N5O46. The third kappa shape index (κ3) is 21.3. The molecule has 0 radical (unpaired) electrons. The van der Waals surface area contributed by atoms with Gasteiger partial charge in [0, 0.05) is 34.6 Å². The molecule has 9 rings (SSSR count). The number of rotatable bonds is 30. The van der Waals surface area contributed by atoms with Crippen LogP contribution in [0.1, 0.15) is 34.6 Å². The minimum atomic E-state index is -2.63. The molecule has 9 aliphatic rings. The van der Waals surface area contributed by atoms with E-state index in [4.69, 9.17) is 80.5 Å². The Hall–Kier alpha value is -4.29. The van der Waals surface area contributed by atoms with Crippen LogP contribution in [-0.4, -0.2) is 488 Å². The van der Waals surface area contributed by atoms with Gasteiger partial charge in [0.1, 0.15) is 219 Å². The third-order valence-corrected chi connectivity index (χ3v) is 20.8. The molecule has 9 saturated heterocycles. The van der Waals surface area contributed by atoms with Crippen LogP contribution in [0, 0.1) is 0 Å². The van der Waals surface area contributed by atoms with Crippen molar-refractivity contribution in [1.29, 1.82) is 0 Å². The van der Waals surface area contributed by atoms with E-state index in [1.54, 1.807) is 0 Å². The summed E-state index contributed by atoms with van der Waals surface area (Å²) in [4.78, 5) is 63.6. The maximum atomic E-state index is 13.1. The Labute approximate surface area is 651 Å². The van der Waals surface area contributed by atoms with Gasteiger partial charge in [0.2, 0.25) is 29.5 Å². The zero-order valence-electron chi connectivity index (χ0n) is 62.1. The van der Waals surface area contributed by atoms with E-state index < -0.39 is 365 Å².